The van der Waals surface area contributed by atoms with Crippen LogP contribution < -0.4 is 10.1 Å². The van der Waals surface area contributed by atoms with Gasteiger partial charge in [0.2, 0.25) is 0 Å². The Morgan fingerprint density at radius 3 is 2.52 bits per heavy atom. The molecule has 1 N–H and O–H groups in total. The van der Waals surface area contributed by atoms with Gasteiger partial charge in [0.15, 0.2) is 11.6 Å². The minimum Gasteiger partial charge on any atom is -0.490 e. The van der Waals surface area contributed by atoms with Gasteiger partial charge in [-0.15, -0.1) is 0 Å². The minimum atomic E-state index is -0.686. The van der Waals surface area contributed by atoms with Gasteiger partial charge < -0.3 is 10.1 Å². The van der Waals surface area contributed by atoms with Crippen LogP contribution in [0.15, 0.2) is 36.4 Å². The van der Waals surface area contributed by atoms with Crippen LogP contribution in [0.1, 0.15) is 11.1 Å². The van der Waals surface area contributed by atoms with E-state index >= 15 is 0 Å². The molecule has 0 aliphatic carbocycles. The Bertz CT molecular complexity index is 657. The normalized spacial score (nSPS) is 10.2. The maximum absolute atomic E-state index is 13.9. The number of nitrogens with one attached hydrogen (secondary N) is 1. The minimum absolute atomic E-state index is 0.0211. The van der Waals surface area contributed by atoms with Gasteiger partial charge in [-0.05, 0) is 12.5 Å². The SMILES string of the molecule is COc1cc(NCc2ccc(C)cc2)c(F)cc1[N+](=O)[O-]. The third-order valence-corrected chi connectivity index (χ3v) is 3.07. The van der Waals surface area contributed by atoms with Crippen molar-refractivity contribution in [1.82, 2.24) is 0 Å². The van der Waals surface area contributed by atoms with Crippen molar-refractivity contribution < 1.29 is 14.1 Å². The first-order valence-electron chi connectivity index (χ1n) is 6.32. The van der Waals surface area contributed by atoms with Gasteiger partial charge >= 0.3 is 5.69 Å². The van der Waals surface area contributed by atoms with Crippen molar-refractivity contribution in [1.29, 1.82) is 0 Å². The molecule has 0 amide bonds. The molecule has 0 heterocycles. The van der Waals surface area contributed by atoms with Crippen molar-refractivity contribution >= 4 is 11.4 Å². The standard InChI is InChI=1S/C15H15FN2O3/c1-10-3-5-11(6-4-10)9-17-13-8-15(21-2)14(18(19)20)7-12(13)16/h3-8,17H,9H2,1-2H3. The zero-order valence-corrected chi connectivity index (χ0v) is 11.7. The molecule has 0 bridgehead atoms. The number of rotatable bonds is 5. The van der Waals surface area contributed by atoms with Crippen molar-refractivity contribution in [3.63, 3.8) is 0 Å². The molecule has 0 fully saturated rings. The van der Waals surface area contributed by atoms with E-state index in [2.05, 4.69) is 5.32 Å². The van der Waals surface area contributed by atoms with E-state index in [-0.39, 0.29) is 11.4 Å². The number of halogens is 1. The number of benzene rings is 2. The van der Waals surface area contributed by atoms with Crippen LogP contribution in [-0.4, -0.2) is 12.0 Å². The van der Waals surface area contributed by atoms with E-state index in [1.54, 1.807) is 0 Å². The number of nitro benzene ring substituents is 1. The summed E-state index contributed by atoms with van der Waals surface area (Å²) in [4.78, 5) is 10.1. The van der Waals surface area contributed by atoms with E-state index in [4.69, 9.17) is 4.74 Å². The number of nitro groups is 1. The van der Waals surface area contributed by atoms with Crippen LogP contribution in [0.4, 0.5) is 15.8 Å². The lowest BCUT2D eigenvalue weighted by atomic mass is 10.1. The van der Waals surface area contributed by atoms with Crippen LogP contribution in [0.25, 0.3) is 0 Å². The Kier molecular flexibility index (Phi) is 4.37. The van der Waals surface area contributed by atoms with Gasteiger partial charge in [-0.1, -0.05) is 29.8 Å². The summed E-state index contributed by atoms with van der Waals surface area (Å²) >= 11 is 0. The van der Waals surface area contributed by atoms with Gasteiger partial charge in [0.05, 0.1) is 23.8 Å². The van der Waals surface area contributed by atoms with Crippen molar-refractivity contribution in [2.75, 3.05) is 12.4 Å². The summed E-state index contributed by atoms with van der Waals surface area (Å²) in [6.45, 7) is 2.40. The Labute approximate surface area is 121 Å². The van der Waals surface area contributed by atoms with Gasteiger partial charge in [0.1, 0.15) is 0 Å². The number of methoxy groups -OCH3 is 1. The lowest BCUT2D eigenvalue weighted by Gasteiger charge is -2.10. The predicted octanol–water partition coefficient (Wildman–Crippen LogP) is 3.66. The highest BCUT2D eigenvalue weighted by atomic mass is 19.1. The zero-order chi connectivity index (χ0) is 15.4. The molecule has 2 aromatic carbocycles. The molecule has 2 rings (SSSR count). The first-order chi connectivity index (χ1) is 10.0. The molecule has 0 unspecified atom stereocenters. The van der Waals surface area contributed by atoms with Crippen LogP contribution in [0.2, 0.25) is 0 Å². The summed E-state index contributed by atoms with van der Waals surface area (Å²) in [6.07, 6.45) is 0. The molecule has 6 heteroatoms. The molecule has 0 spiro atoms. The summed E-state index contributed by atoms with van der Waals surface area (Å²) < 4.78 is 18.8. The third kappa shape index (κ3) is 3.47. The Morgan fingerprint density at radius 1 is 1.29 bits per heavy atom. The summed E-state index contributed by atoms with van der Waals surface area (Å²) in [5, 5.41) is 13.7. The molecule has 5 nitrogen and oxygen atoms in total. The van der Waals surface area contributed by atoms with E-state index in [0.29, 0.717) is 6.54 Å². The molecule has 0 radical (unpaired) electrons. The lowest BCUT2D eigenvalue weighted by Crippen LogP contribution is -2.03. The predicted molar refractivity (Wildman–Crippen MR) is 78.1 cm³/mol. The molecule has 0 atom stereocenters. The average Bonchev–Trinajstić information content (AvgIpc) is 2.47. The summed E-state index contributed by atoms with van der Waals surface area (Å²) in [5.41, 5.74) is 1.90. The average molecular weight is 290 g/mol. The smallest absolute Gasteiger partial charge is 0.313 e. The number of hydrogen-bond acceptors (Lipinski definition) is 4. The molecule has 21 heavy (non-hydrogen) atoms. The quantitative estimate of drug-likeness (QED) is 0.674. The number of nitrogens with zero attached hydrogens (tertiary/aromatic N) is 1. The van der Waals surface area contributed by atoms with Crippen LogP contribution in [0, 0.1) is 22.9 Å². The molecule has 0 aliphatic heterocycles. The third-order valence-electron chi connectivity index (χ3n) is 3.07. The topological polar surface area (TPSA) is 64.4 Å². The zero-order valence-electron chi connectivity index (χ0n) is 11.7. The monoisotopic (exact) mass is 290 g/mol. The van der Waals surface area contributed by atoms with Gasteiger partial charge in [0, 0.05) is 12.6 Å². The number of ether oxygens (including phenoxy) is 1. The largest absolute Gasteiger partial charge is 0.490 e. The number of aryl methyl sites for hydroxylation is 1. The van der Waals surface area contributed by atoms with Crippen LogP contribution in [0.3, 0.4) is 0 Å². The second kappa shape index (κ2) is 6.21. The van der Waals surface area contributed by atoms with Gasteiger partial charge in [-0.3, -0.25) is 10.1 Å². The van der Waals surface area contributed by atoms with E-state index in [1.807, 2.05) is 31.2 Å². The first kappa shape index (κ1) is 14.8. The lowest BCUT2D eigenvalue weighted by molar-refractivity contribution is -0.385. The van der Waals surface area contributed by atoms with Crippen molar-refractivity contribution in [2.45, 2.75) is 13.5 Å². The number of anilines is 1. The maximum Gasteiger partial charge on any atom is 0.313 e. The highest BCUT2D eigenvalue weighted by Crippen LogP contribution is 2.32. The molecular formula is C15H15FN2O3. The Morgan fingerprint density at radius 2 is 1.95 bits per heavy atom. The molecule has 0 aliphatic rings. The van der Waals surface area contributed by atoms with Crippen LogP contribution in [0.5, 0.6) is 5.75 Å². The van der Waals surface area contributed by atoms with Gasteiger partial charge in [-0.2, -0.15) is 0 Å². The first-order valence-corrected chi connectivity index (χ1v) is 6.32. The van der Waals surface area contributed by atoms with E-state index in [9.17, 15) is 14.5 Å². The molecule has 0 aromatic heterocycles. The van der Waals surface area contributed by atoms with Crippen molar-refractivity contribution in [3.05, 3.63) is 63.5 Å². The summed E-state index contributed by atoms with van der Waals surface area (Å²) in [6, 6.07) is 9.94. The van der Waals surface area contributed by atoms with Gasteiger partial charge in [0.25, 0.3) is 0 Å². The fraction of sp³-hybridized carbons (Fsp3) is 0.200. The Hall–Kier alpha value is -2.63. The van der Waals surface area contributed by atoms with E-state index in [0.717, 1.165) is 17.2 Å². The fourth-order valence-corrected chi connectivity index (χ4v) is 1.89. The molecule has 2 aromatic rings. The highest BCUT2D eigenvalue weighted by molar-refractivity contribution is 5.59. The second-order valence-electron chi connectivity index (χ2n) is 4.60. The van der Waals surface area contributed by atoms with Crippen LogP contribution >= 0.6 is 0 Å². The van der Waals surface area contributed by atoms with Crippen molar-refractivity contribution in [3.8, 4) is 5.75 Å². The van der Waals surface area contributed by atoms with Crippen LogP contribution in [-0.2, 0) is 6.54 Å². The molecule has 0 saturated carbocycles. The van der Waals surface area contributed by atoms with Crippen molar-refractivity contribution in [2.24, 2.45) is 0 Å². The highest BCUT2D eigenvalue weighted by Gasteiger charge is 2.19. The molecule has 0 saturated heterocycles. The number of hydrogen-bond donors (Lipinski definition) is 1. The Balaban J connectivity index is 2.20. The molecule has 110 valence electrons. The maximum atomic E-state index is 13.9. The van der Waals surface area contributed by atoms with Gasteiger partial charge in [-0.25, -0.2) is 4.39 Å². The summed E-state index contributed by atoms with van der Waals surface area (Å²) in [7, 11) is 1.31. The fourth-order valence-electron chi connectivity index (χ4n) is 1.89. The van der Waals surface area contributed by atoms with E-state index in [1.165, 1.54) is 13.2 Å². The van der Waals surface area contributed by atoms with E-state index < -0.39 is 16.4 Å². The second-order valence-corrected chi connectivity index (χ2v) is 4.60. The summed E-state index contributed by atoms with van der Waals surface area (Å²) in [5.74, 6) is -0.664. The molecular weight excluding hydrogens is 275 g/mol.